The molecule has 0 spiro atoms. The molecule has 1 aromatic heterocycles. The highest BCUT2D eigenvalue weighted by Crippen LogP contribution is 2.35. The summed E-state index contributed by atoms with van der Waals surface area (Å²) in [7, 11) is -3.88. The van der Waals surface area contributed by atoms with E-state index in [2.05, 4.69) is 15.0 Å². The average molecular weight is 496 g/mol. The van der Waals surface area contributed by atoms with Gasteiger partial charge in [0.2, 0.25) is 0 Å². The van der Waals surface area contributed by atoms with Gasteiger partial charge in [-0.3, -0.25) is 14.8 Å². The SMILES string of the molecule is O=C(Nc1nc2c(Cl)c(Cl)ccc2s1)c1ccc(NS(=O)(=O)c2ccc(F)cc2)cc1. The maximum absolute atomic E-state index is 13.0. The number of halogens is 3. The van der Waals surface area contributed by atoms with E-state index in [0.717, 1.165) is 29.0 Å². The number of nitrogens with zero attached hydrogens (tertiary/aromatic N) is 1. The number of hydrogen-bond acceptors (Lipinski definition) is 5. The lowest BCUT2D eigenvalue weighted by Gasteiger charge is -2.09. The number of fused-ring (bicyclic) bond motifs is 1. The molecule has 6 nitrogen and oxygen atoms in total. The molecule has 0 aliphatic heterocycles. The van der Waals surface area contributed by atoms with E-state index < -0.39 is 21.7 Å². The second-order valence-corrected chi connectivity index (χ2v) is 9.82. The molecule has 0 aliphatic rings. The molecule has 31 heavy (non-hydrogen) atoms. The van der Waals surface area contributed by atoms with Crippen molar-refractivity contribution in [2.24, 2.45) is 0 Å². The van der Waals surface area contributed by atoms with Crippen LogP contribution in [0.3, 0.4) is 0 Å². The standard InChI is InChI=1S/C20H12Cl2FN3O3S2/c21-15-9-10-16-18(17(15)22)24-20(30-16)25-19(27)11-1-5-13(6-2-11)26-31(28,29)14-7-3-12(23)4-8-14/h1-10,26H,(H,24,25,27). The van der Waals surface area contributed by atoms with E-state index in [0.29, 0.717) is 26.3 Å². The fraction of sp³-hybridized carbons (Fsp3) is 0. The molecule has 1 heterocycles. The first-order valence-electron chi connectivity index (χ1n) is 8.67. The minimum Gasteiger partial charge on any atom is -0.298 e. The van der Waals surface area contributed by atoms with E-state index in [-0.39, 0.29) is 10.6 Å². The Labute approximate surface area is 190 Å². The normalized spacial score (nSPS) is 11.5. The molecule has 0 fully saturated rings. The van der Waals surface area contributed by atoms with E-state index in [9.17, 15) is 17.6 Å². The first kappa shape index (κ1) is 21.5. The van der Waals surface area contributed by atoms with Gasteiger partial charge in [-0.2, -0.15) is 0 Å². The molecule has 0 aliphatic carbocycles. The summed E-state index contributed by atoms with van der Waals surface area (Å²) in [6.45, 7) is 0. The third-order valence-corrected chi connectivity index (χ3v) is 7.32. The predicted molar refractivity (Wildman–Crippen MR) is 121 cm³/mol. The van der Waals surface area contributed by atoms with Crippen LogP contribution < -0.4 is 10.0 Å². The van der Waals surface area contributed by atoms with Gasteiger partial charge in [0.1, 0.15) is 11.3 Å². The predicted octanol–water partition coefficient (Wildman–Crippen LogP) is 5.80. The van der Waals surface area contributed by atoms with Gasteiger partial charge in [-0.25, -0.2) is 17.8 Å². The summed E-state index contributed by atoms with van der Waals surface area (Å²) in [6.07, 6.45) is 0. The Bertz CT molecular complexity index is 1390. The topological polar surface area (TPSA) is 88.2 Å². The highest BCUT2D eigenvalue weighted by molar-refractivity contribution is 7.92. The van der Waals surface area contributed by atoms with E-state index >= 15 is 0 Å². The number of amides is 1. The number of rotatable bonds is 5. The van der Waals surface area contributed by atoms with Gasteiger partial charge >= 0.3 is 0 Å². The second kappa shape index (κ2) is 8.43. The lowest BCUT2D eigenvalue weighted by Crippen LogP contribution is -2.14. The molecule has 158 valence electrons. The Morgan fingerprint density at radius 1 is 0.968 bits per heavy atom. The number of hydrogen-bond donors (Lipinski definition) is 2. The molecular weight excluding hydrogens is 484 g/mol. The minimum absolute atomic E-state index is 0.0784. The summed E-state index contributed by atoms with van der Waals surface area (Å²) in [6, 6.07) is 13.7. The summed E-state index contributed by atoms with van der Waals surface area (Å²) in [5.41, 5.74) is 1.05. The maximum atomic E-state index is 13.0. The van der Waals surface area contributed by atoms with Gasteiger partial charge in [-0.15, -0.1) is 0 Å². The van der Waals surface area contributed by atoms with Crippen molar-refractivity contribution in [1.29, 1.82) is 0 Å². The molecular formula is C20H12Cl2FN3O3S2. The van der Waals surface area contributed by atoms with Crippen LogP contribution in [0, 0.1) is 5.82 Å². The van der Waals surface area contributed by atoms with Crippen molar-refractivity contribution in [2.75, 3.05) is 10.0 Å². The lowest BCUT2D eigenvalue weighted by atomic mass is 10.2. The molecule has 4 aromatic rings. The van der Waals surface area contributed by atoms with Crippen LogP contribution in [0.1, 0.15) is 10.4 Å². The summed E-state index contributed by atoms with van der Waals surface area (Å²) >= 11 is 13.4. The van der Waals surface area contributed by atoms with Crippen molar-refractivity contribution in [3.05, 3.63) is 82.1 Å². The number of aromatic nitrogens is 1. The summed E-state index contributed by atoms with van der Waals surface area (Å²) in [5, 5.41) is 3.72. The minimum atomic E-state index is -3.88. The van der Waals surface area contributed by atoms with E-state index in [1.54, 1.807) is 12.1 Å². The number of thiazole rings is 1. The number of nitrogens with one attached hydrogen (secondary N) is 2. The second-order valence-electron chi connectivity index (χ2n) is 6.32. The summed E-state index contributed by atoms with van der Waals surface area (Å²) in [4.78, 5) is 16.7. The van der Waals surface area contributed by atoms with Crippen LogP contribution in [0.15, 0.2) is 65.6 Å². The van der Waals surface area contributed by atoms with E-state index in [1.165, 1.54) is 35.6 Å². The molecule has 1 amide bonds. The zero-order valence-corrected chi connectivity index (χ0v) is 18.5. The Morgan fingerprint density at radius 3 is 2.32 bits per heavy atom. The average Bonchev–Trinajstić information content (AvgIpc) is 3.14. The Kier molecular flexibility index (Phi) is 5.85. The van der Waals surface area contributed by atoms with Crippen LogP contribution in [0.5, 0.6) is 0 Å². The van der Waals surface area contributed by atoms with Gasteiger partial charge in [0.15, 0.2) is 5.13 Å². The van der Waals surface area contributed by atoms with Gasteiger partial charge < -0.3 is 0 Å². The van der Waals surface area contributed by atoms with Crippen molar-refractivity contribution < 1.29 is 17.6 Å². The number of carbonyl (C=O) groups is 1. The van der Waals surface area contributed by atoms with Gasteiger partial charge in [-0.1, -0.05) is 34.5 Å². The molecule has 0 bridgehead atoms. The third-order valence-electron chi connectivity index (χ3n) is 4.20. The largest absolute Gasteiger partial charge is 0.298 e. The molecule has 3 aromatic carbocycles. The Hall–Kier alpha value is -2.72. The first-order chi connectivity index (χ1) is 14.7. The van der Waals surface area contributed by atoms with E-state index in [4.69, 9.17) is 23.2 Å². The van der Waals surface area contributed by atoms with Crippen molar-refractivity contribution in [2.45, 2.75) is 4.90 Å². The molecule has 0 radical (unpaired) electrons. The van der Waals surface area contributed by atoms with Crippen LogP contribution in [0.25, 0.3) is 10.2 Å². The Balaban J connectivity index is 1.48. The van der Waals surface area contributed by atoms with Crippen LogP contribution >= 0.6 is 34.5 Å². The molecule has 0 saturated carbocycles. The third kappa shape index (κ3) is 4.64. The van der Waals surface area contributed by atoms with Crippen LogP contribution in [-0.4, -0.2) is 19.3 Å². The van der Waals surface area contributed by atoms with Gasteiger partial charge in [-0.05, 0) is 60.7 Å². The molecule has 0 atom stereocenters. The van der Waals surface area contributed by atoms with Gasteiger partial charge in [0.05, 0.1) is 19.6 Å². The fourth-order valence-electron chi connectivity index (χ4n) is 2.68. The number of anilines is 2. The van der Waals surface area contributed by atoms with Crippen LogP contribution in [0.4, 0.5) is 15.2 Å². The molecule has 0 saturated heterocycles. The first-order valence-corrected chi connectivity index (χ1v) is 11.7. The number of carbonyl (C=O) groups excluding carboxylic acids is 1. The molecule has 2 N–H and O–H groups in total. The number of benzene rings is 3. The Morgan fingerprint density at radius 2 is 1.65 bits per heavy atom. The monoisotopic (exact) mass is 495 g/mol. The quantitative estimate of drug-likeness (QED) is 0.366. The smallest absolute Gasteiger partial charge is 0.261 e. The maximum Gasteiger partial charge on any atom is 0.261 e. The molecule has 11 heteroatoms. The van der Waals surface area contributed by atoms with E-state index in [1.807, 2.05) is 0 Å². The highest BCUT2D eigenvalue weighted by atomic mass is 35.5. The van der Waals surface area contributed by atoms with Crippen molar-refractivity contribution in [1.82, 2.24) is 4.98 Å². The van der Waals surface area contributed by atoms with Gasteiger partial charge in [0, 0.05) is 11.3 Å². The highest BCUT2D eigenvalue weighted by Gasteiger charge is 2.16. The molecule has 0 unspecified atom stereocenters. The summed E-state index contributed by atoms with van der Waals surface area (Å²) < 4.78 is 40.9. The van der Waals surface area contributed by atoms with Crippen molar-refractivity contribution >= 4 is 71.5 Å². The lowest BCUT2D eigenvalue weighted by molar-refractivity contribution is 0.102. The zero-order valence-electron chi connectivity index (χ0n) is 15.4. The van der Waals surface area contributed by atoms with Crippen molar-refractivity contribution in [3.8, 4) is 0 Å². The summed E-state index contributed by atoms with van der Waals surface area (Å²) in [5.74, 6) is -0.956. The zero-order chi connectivity index (χ0) is 22.2. The number of sulfonamides is 1. The van der Waals surface area contributed by atoms with Crippen LogP contribution in [0.2, 0.25) is 10.0 Å². The molecule has 4 rings (SSSR count). The van der Waals surface area contributed by atoms with Gasteiger partial charge in [0.25, 0.3) is 15.9 Å². The van der Waals surface area contributed by atoms with Crippen molar-refractivity contribution in [3.63, 3.8) is 0 Å². The van der Waals surface area contributed by atoms with Crippen LogP contribution in [-0.2, 0) is 10.0 Å². The fourth-order valence-corrected chi connectivity index (χ4v) is 5.02.